The molecule has 1 fully saturated rings. The highest BCUT2D eigenvalue weighted by atomic mass is 32.2. The number of benzene rings is 2. The Balaban J connectivity index is 1.90. The van der Waals surface area contributed by atoms with Gasteiger partial charge in [0, 0.05) is 5.69 Å². The number of nitrogens with one attached hydrogen (secondary N) is 1. The van der Waals surface area contributed by atoms with E-state index in [0.717, 1.165) is 17.6 Å². The van der Waals surface area contributed by atoms with Gasteiger partial charge < -0.3 is 5.73 Å². The van der Waals surface area contributed by atoms with Gasteiger partial charge in [0.2, 0.25) is 12.3 Å². The summed E-state index contributed by atoms with van der Waals surface area (Å²) in [6.45, 7) is 0. The van der Waals surface area contributed by atoms with Crippen LogP contribution in [0.15, 0.2) is 53.4 Å². The van der Waals surface area contributed by atoms with Crippen molar-refractivity contribution >= 4 is 39.4 Å². The molecule has 21 heavy (non-hydrogen) atoms. The topological polar surface area (TPSA) is 93.9 Å². The van der Waals surface area contributed by atoms with E-state index in [2.05, 4.69) is 4.72 Å². The van der Waals surface area contributed by atoms with Crippen molar-refractivity contribution < 1.29 is 17.0 Å². The molecule has 1 aliphatic rings. The molecule has 2 aromatic carbocycles. The number of anilines is 3. The fourth-order valence-corrected chi connectivity index (χ4v) is 3.07. The monoisotopic (exact) mass is 325 g/mol. The van der Waals surface area contributed by atoms with Gasteiger partial charge in [0.05, 0.1) is 10.6 Å². The smallest absolute Gasteiger partial charge is 0.261 e. The number of nitrogens with zero attached hydrogens (tertiary/aromatic N) is 1. The molecule has 2 aromatic rings. The molecule has 0 aliphatic carbocycles. The van der Waals surface area contributed by atoms with E-state index in [9.17, 15) is 8.42 Å². The lowest BCUT2D eigenvalue weighted by atomic mass is 10.3. The van der Waals surface area contributed by atoms with Crippen molar-refractivity contribution in [1.29, 1.82) is 0 Å². The zero-order valence-electron chi connectivity index (χ0n) is 10.6. The van der Waals surface area contributed by atoms with Gasteiger partial charge >= 0.3 is 0 Å². The fourth-order valence-electron chi connectivity index (χ4n) is 1.71. The van der Waals surface area contributed by atoms with Crippen molar-refractivity contribution in [2.75, 3.05) is 15.7 Å². The Morgan fingerprint density at radius 3 is 2.33 bits per heavy atom. The quantitative estimate of drug-likeness (QED) is 0.658. The molecule has 1 saturated heterocycles. The maximum Gasteiger partial charge on any atom is 0.261 e. The normalized spacial score (nSPS) is 14.6. The molecule has 0 spiro atoms. The molecule has 0 aromatic heterocycles. The van der Waals surface area contributed by atoms with E-state index in [4.69, 9.17) is 14.3 Å². The van der Waals surface area contributed by atoms with Gasteiger partial charge in [-0.3, -0.25) is 4.72 Å². The van der Waals surface area contributed by atoms with Crippen LogP contribution in [0, 0.1) is 0 Å². The predicted octanol–water partition coefficient (Wildman–Crippen LogP) is 2.32. The van der Waals surface area contributed by atoms with Crippen LogP contribution < -0.4 is 15.7 Å². The highest BCUT2D eigenvalue weighted by Crippen LogP contribution is 2.36. The molecule has 0 saturated carbocycles. The van der Waals surface area contributed by atoms with Crippen LogP contribution in [0.4, 0.5) is 17.1 Å². The number of para-hydroxylation sites is 2. The van der Waals surface area contributed by atoms with Crippen LogP contribution in [0.3, 0.4) is 0 Å². The lowest BCUT2D eigenvalue weighted by molar-refractivity contribution is 0.0273. The van der Waals surface area contributed by atoms with Gasteiger partial charge in [0.25, 0.3) is 10.0 Å². The van der Waals surface area contributed by atoms with E-state index in [1.807, 2.05) is 0 Å². The lowest BCUT2D eigenvalue weighted by Crippen LogP contribution is -2.28. The van der Waals surface area contributed by atoms with E-state index >= 15 is 0 Å². The van der Waals surface area contributed by atoms with Crippen LogP contribution >= 0.6 is 12.3 Å². The van der Waals surface area contributed by atoms with Crippen LogP contribution in [0.25, 0.3) is 0 Å². The van der Waals surface area contributed by atoms with Gasteiger partial charge in [-0.25, -0.2) is 8.42 Å². The summed E-state index contributed by atoms with van der Waals surface area (Å²) in [6, 6.07) is 12.7. The molecule has 0 amide bonds. The van der Waals surface area contributed by atoms with Crippen molar-refractivity contribution in [2.45, 2.75) is 4.90 Å². The third-order valence-electron chi connectivity index (χ3n) is 2.73. The van der Waals surface area contributed by atoms with Gasteiger partial charge in [-0.1, -0.05) is 17.4 Å². The standard InChI is InChI=1S/C12H11N3O4S2/c13-9-5-7-10(8-6-9)21(16,17)14-11-3-1-2-4-12(11)15-18-20-19-15/h1-8,14H,13H2. The van der Waals surface area contributed by atoms with Crippen molar-refractivity contribution in [3.8, 4) is 0 Å². The van der Waals surface area contributed by atoms with Crippen molar-refractivity contribution in [3.63, 3.8) is 0 Å². The summed E-state index contributed by atoms with van der Waals surface area (Å²) in [6.07, 6.45) is 0. The molecule has 110 valence electrons. The summed E-state index contributed by atoms with van der Waals surface area (Å²) in [5.41, 5.74) is 6.85. The zero-order chi connectivity index (χ0) is 14.9. The third-order valence-corrected chi connectivity index (χ3v) is 4.51. The Morgan fingerprint density at radius 2 is 1.71 bits per heavy atom. The minimum atomic E-state index is -3.72. The van der Waals surface area contributed by atoms with Crippen LogP contribution in [0.2, 0.25) is 0 Å². The van der Waals surface area contributed by atoms with Gasteiger partial charge in [-0.05, 0) is 36.4 Å². The number of hydrogen-bond donors (Lipinski definition) is 2. The summed E-state index contributed by atoms with van der Waals surface area (Å²) < 4.78 is 37.1. The first-order valence-corrected chi connectivity index (χ1v) is 8.00. The van der Waals surface area contributed by atoms with E-state index in [1.165, 1.54) is 24.3 Å². The molecule has 0 unspecified atom stereocenters. The average molecular weight is 325 g/mol. The second-order valence-corrected chi connectivity index (χ2v) is 6.28. The summed E-state index contributed by atoms with van der Waals surface area (Å²) in [4.78, 5) is 0.117. The maximum atomic E-state index is 12.3. The molecular weight excluding hydrogens is 314 g/mol. The molecule has 1 aliphatic heterocycles. The molecule has 0 radical (unpaired) electrons. The number of nitrogen functional groups attached to an aromatic ring is 1. The number of hydrogen-bond acceptors (Lipinski definition) is 7. The second kappa shape index (κ2) is 5.45. The first-order chi connectivity index (χ1) is 10.1. The Hall–Kier alpha value is -1.94. The predicted molar refractivity (Wildman–Crippen MR) is 80.3 cm³/mol. The van der Waals surface area contributed by atoms with Crippen LogP contribution in [0.1, 0.15) is 0 Å². The lowest BCUT2D eigenvalue weighted by Gasteiger charge is -2.27. The SMILES string of the molecule is Nc1ccc(S(=O)(=O)Nc2ccccc2N2OSO2)cc1. The van der Waals surface area contributed by atoms with Crippen molar-refractivity contribution in [2.24, 2.45) is 0 Å². The molecule has 0 atom stereocenters. The molecular formula is C12H11N3O4S2. The summed E-state index contributed by atoms with van der Waals surface area (Å²) in [5.74, 6) is 0. The summed E-state index contributed by atoms with van der Waals surface area (Å²) >= 11 is 0.799. The molecule has 3 rings (SSSR count). The highest BCUT2D eigenvalue weighted by molar-refractivity contribution is 7.92. The maximum absolute atomic E-state index is 12.3. The van der Waals surface area contributed by atoms with Gasteiger partial charge in [-0.2, -0.15) is 0 Å². The number of nitrogens with two attached hydrogens (primary N) is 1. The van der Waals surface area contributed by atoms with E-state index < -0.39 is 10.0 Å². The van der Waals surface area contributed by atoms with E-state index in [-0.39, 0.29) is 4.90 Å². The Morgan fingerprint density at radius 1 is 1.05 bits per heavy atom. The minimum absolute atomic E-state index is 0.117. The van der Waals surface area contributed by atoms with Crippen LogP contribution in [-0.4, -0.2) is 8.42 Å². The molecule has 7 nitrogen and oxygen atoms in total. The Labute approximate surface area is 126 Å². The van der Waals surface area contributed by atoms with E-state index in [0.29, 0.717) is 17.1 Å². The first-order valence-electron chi connectivity index (χ1n) is 5.85. The van der Waals surface area contributed by atoms with Crippen molar-refractivity contribution in [1.82, 2.24) is 0 Å². The van der Waals surface area contributed by atoms with E-state index in [1.54, 1.807) is 24.3 Å². The first kappa shape index (κ1) is 14.0. The molecule has 9 heteroatoms. The molecule has 3 N–H and O–H groups in total. The fraction of sp³-hybridized carbons (Fsp3) is 0. The van der Waals surface area contributed by atoms with Gasteiger partial charge in [0.1, 0.15) is 5.69 Å². The average Bonchev–Trinajstić information content (AvgIpc) is 2.39. The number of sulfonamides is 1. The van der Waals surface area contributed by atoms with Gasteiger partial charge in [-0.15, -0.1) is 8.57 Å². The highest BCUT2D eigenvalue weighted by Gasteiger charge is 2.25. The third kappa shape index (κ3) is 2.90. The Bertz CT molecular complexity index is 745. The zero-order valence-corrected chi connectivity index (χ0v) is 12.2. The van der Waals surface area contributed by atoms with Gasteiger partial charge in [0.15, 0.2) is 0 Å². The molecule has 1 heterocycles. The second-order valence-electron chi connectivity index (χ2n) is 4.17. The summed E-state index contributed by atoms with van der Waals surface area (Å²) in [7, 11) is -3.72. The van der Waals surface area contributed by atoms with Crippen molar-refractivity contribution in [3.05, 3.63) is 48.5 Å². The Kier molecular flexibility index (Phi) is 3.64. The van der Waals surface area contributed by atoms with Crippen LogP contribution in [-0.2, 0) is 18.6 Å². The van der Waals surface area contributed by atoms with Crippen LogP contribution in [0.5, 0.6) is 0 Å². The number of rotatable bonds is 4. The largest absolute Gasteiger partial charge is 0.399 e. The minimum Gasteiger partial charge on any atom is -0.399 e. The molecule has 0 bridgehead atoms. The summed E-state index contributed by atoms with van der Waals surface area (Å²) in [5, 5.41) is 1.12.